The number of pyridine rings is 1. The Kier molecular flexibility index (Phi) is 5.72. The molecular weight excluding hydrogens is 432 g/mol. The van der Waals surface area contributed by atoms with Gasteiger partial charge in [0.15, 0.2) is 17.3 Å². The van der Waals surface area contributed by atoms with Crippen LogP contribution in [0.25, 0.3) is 34.0 Å². The van der Waals surface area contributed by atoms with Gasteiger partial charge >= 0.3 is 0 Å². The fourth-order valence-electron chi connectivity index (χ4n) is 4.06. The Bertz CT molecular complexity index is 1370. The summed E-state index contributed by atoms with van der Waals surface area (Å²) in [5.74, 6) is 0.657. The molecule has 1 fully saturated rings. The maximum absolute atomic E-state index is 12.4. The van der Waals surface area contributed by atoms with Crippen LogP contribution in [0.1, 0.15) is 18.1 Å². The van der Waals surface area contributed by atoms with Gasteiger partial charge in [0, 0.05) is 40.9 Å². The average Bonchev–Trinajstić information content (AvgIpc) is 3.31. The molecule has 4 N–H and O–H groups in total. The van der Waals surface area contributed by atoms with E-state index < -0.39 is 0 Å². The largest absolute Gasteiger partial charge is 0.382 e. The van der Waals surface area contributed by atoms with E-state index in [-0.39, 0.29) is 16.8 Å². The SMILES string of the molecule is CNCc1ccc(-c2cc(-c3nc(-c4c[nH]c(=O)c(CC5(C)COC5)c4)cnc3N)on2)cc1. The zero-order valence-electron chi connectivity index (χ0n) is 19.1. The van der Waals surface area contributed by atoms with E-state index in [1.807, 2.05) is 37.4 Å². The molecule has 0 atom stereocenters. The van der Waals surface area contributed by atoms with Crippen LogP contribution in [0.5, 0.6) is 0 Å². The summed E-state index contributed by atoms with van der Waals surface area (Å²) in [5, 5.41) is 7.32. The van der Waals surface area contributed by atoms with Crippen molar-refractivity contribution in [1.29, 1.82) is 0 Å². The second-order valence-electron chi connectivity index (χ2n) is 9.02. The third-order valence-electron chi connectivity index (χ3n) is 5.97. The number of aromatic nitrogens is 4. The number of benzene rings is 1. The minimum absolute atomic E-state index is 0.0227. The minimum atomic E-state index is -0.110. The summed E-state index contributed by atoms with van der Waals surface area (Å²) in [6, 6.07) is 11.7. The van der Waals surface area contributed by atoms with Crippen molar-refractivity contribution in [1.82, 2.24) is 25.4 Å². The molecule has 1 aromatic carbocycles. The molecular formula is C25H26N6O3. The van der Waals surface area contributed by atoms with Gasteiger partial charge in [-0.1, -0.05) is 36.3 Å². The lowest BCUT2D eigenvalue weighted by Gasteiger charge is -2.38. The number of H-pyrrole nitrogens is 1. The van der Waals surface area contributed by atoms with Crippen molar-refractivity contribution in [2.45, 2.75) is 19.9 Å². The Morgan fingerprint density at radius 1 is 1.15 bits per heavy atom. The first-order valence-electron chi connectivity index (χ1n) is 11.1. The molecule has 0 amide bonds. The van der Waals surface area contributed by atoms with Crippen LogP contribution in [0.15, 0.2) is 58.1 Å². The van der Waals surface area contributed by atoms with E-state index in [4.69, 9.17) is 15.0 Å². The normalized spacial score (nSPS) is 14.6. The standard InChI is InChI=1S/C25H26N6O3/c1-25(13-33-14-25)9-17-7-18(11-29-24(17)32)20-12-28-23(26)22(30-20)21-8-19(31-34-21)16-5-3-15(4-6-16)10-27-2/h3-8,11-12,27H,9-10,13-14H2,1-2H3,(H2,26,28)(H,29,32). The number of rotatable bonds is 7. The molecule has 4 aromatic rings. The van der Waals surface area contributed by atoms with Crippen molar-refractivity contribution < 1.29 is 9.26 Å². The highest BCUT2D eigenvalue weighted by molar-refractivity contribution is 5.73. The van der Waals surface area contributed by atoms with Crippen molar-refractivity contribution in [3.05, 3.63) is 70.3 Å². The predicted molar refractivity (Wildman–Crippen MR) is 129 cm³/mol. The molecule has 3 aromatic heterocycles. The van der Waals surface area contributed by atoms with Crippen LogP contribution < -0.4 is 16.6 Å². The van der Waals surface area contributed by atoms with Gasteiger partial charge in [-0.15, -0.1) is 0 Å². The van der Waals surface area contributed by atoms with Crippen LogP contribution in [0.4, 0.5) is 5.82 Å². The highest BCUT2D eigenvalue weighted by atomic mass is 16.5. The number of aromatic amines is 1. The van der Waals surface area contributed by atoms with Gasteiger partial charge in [0.25, 0.3) is 5.56 Å². The second kappa shape index (κ2) is 8.85. The number of ether oxygens (including phenoxy) is 1. The Labute approximate surface area is 196 Å². The van der Waals surface area contributed by atoms with Crippen LogP contribution in [0, 0.1) is 5.41 Å². The molecule has 0 bridgehead atoms. The topological polar surface area (TPSA) is 132 Å². The lowest BCUT2D eigenvalue weighted by Crippen LogP contribution is -2.42. The van der Waals surface area contributed by atoms with E-state index in [1.54, 1.807) is 18.5 Å². The summed E-state index contributed by atoms with van der Waals surface area (Å²) >= 11 is 0. The van der Waals surface area contributed by atoms with Crippen molar-refractivity contribution in [2.75, 3.05) is 26.0 Å². The molecule has 1 aliphatic rings. The summed E-state index contributed by atoms with van der Waals surface area (Å²) in [6.07, 6.45) is 3.85. The Hall–Kier alpha value is -3.82. The number of hydrogen-bond acceptors (Lipinski definition) is 8. The van der Waals surface area contributed by atoms with Gasteiger partial charge in [-0.05, 0) is 25.1 Å². The lowest BCUT2D eigenvalue weighted by molar-refractivity contribution is -0.101. The molecule has 0 spiro atoms. The Morgan fingerprint density at radius 2 is 1.94 bits per heavy atom. The van der Waals surface area contributed by atoms with Gasteiger partial charge < -0.3 is 25.3 Å². The number of nitrogens with zero attached hydrogens (tertiary/aromatic N) is 3. The molecule has 5 rings (SSSR count). The zero-order chi connectivity index (χ0) is 23.7. The molecule has 0 unspecified atom stereocenters. The first kappa shape index (κ1) is 22.0. The Balaban J connectivity index is 1.44. The van der Waals surface area contributed by atoms with E-state index in [9.17, 15) is 4.79 Å². The van der Waals surface area contributed by atoms with Crippen LogP contribution in [-0.4, -0.2) is 40.4 Å². The highest BCUT2D eigenvalue weighted by Gasteiger charge is 2.34. The smallest absolute Gasteiger partial charge is 0.251 e. The molecule has 9 heteroatoms. The van der Waals surface area contributed by atoms with Gasteiger partial charge in [0.1, 0.15) is 5.69 Å². The lowest BCUT2D eigenvalue weighted by atomic mass is 9.82. The van der Waals surface area contributed by atoms with Crippen LogP contribution in [0.2, 0.25) is 0 Å². The number of anilines is 1. The zero-order valence-corrected chi connectivity index (χ0v) is 19.1. The van der Waals surface area contributed by atoms with E-state index >= 15 is 0 Å². The van der Waals surface area contributed by atoms with Crippen molar-refractivity contribution in [3.63, 3.8) is 0 Å². The molecule has 1 aliphatic heterocycles. The molecule has 0 aliphatic carbocycles. The summed E-state index contributed by atoms with van der Waals surface area (Å²) in [5.41, 5.74) is 11.2. The van der Waals surface area contributed by atoms with E-state index in [0.29, 0.717) is 48.0 Å². The summed E-state index contributed by atoms with van der Waals surface area (Å²) in [6.45, 7) is 4.20. The summed E-state index contributed by atoms with van der Waals surface area (Å²) in [7, 11) is 1.91. The van der Waals surface area contributed by atoms with E-state index in [1.165, 1.54) is 5.56 Å². The highest BCUT2D eigenvalue weighted by Crippen LogP contribution is 2.32. The van der Waals surface area contributed by atoms with Gasteiger partial charge in [0.05, 0.1) is 25.1 Å². The van der Waals surface area contributed by atoms with Crippen molar-refractivity contribution in [2.24, 2.45) is 5.41 Å². The monoisotopic (exact) mass is 458 g/mol. The number of nitrogen functional groups attached to an aromatic ring is 1. The Morgan fingerprint density at radius 3 is 2.65 bits per heavy atom. The molecule has 0 saturated carbocycles. The maximum Gasteiger partial charge on any atom is 0.251 e. The molecule has 4 heterocycles. The number of nitrogens with two attached hydrogens (primary N) is 1. The van der Waals surface area contributed by atoms with Crippen molar-refractivity contribution in [3.8, 4) is 34.0 Å². The number of nitrogens with one attached hydrogen (secondary N) is 2. The first-order chi connectivity index (χ1) is 16.4. The average molecular weight is 459 g/mol. The third kappa shape index (κ3) is 4.35. The number of hydrogen-bond donors (Lipinski definition) is 3. The van der Waals surface area contributed by atoms with Crippen molar-refractivity contribution >= 4 is 5.82 Å². The molecule has 9 nitrogen and oxygen atoms in total. The predicted octanol–water partition coefficient (Wildman–Crippen LogP) is 3.03. The minimum Gasteiger partial charge on any atom is -0.382 e. The van der Waals surface area contributed by atoms with E-state index in [0.717, 1.165) is 17.7 Å². The van der Waals surface area contributed by atoms with Crippen LogP contribution in [0.3, 0.4) is 0 Å². The maximum atomic E-state index is 12.4. The van der Waals surface area contributed by atoms with Gasteiger partial charge in [-0.25, -0.2) is 9.97 Å². The fourth-order valence-corrected chi connectivity index (χ4v) is 4.06. The molecule has 0 radical (unpaired) electrons. The molecule has 34 heavy (non-hydrogen) atoms. The fraction of sp³-hybridized carbons (Fsp3) is 0.280. The molecule has 174 valence electrons. The third-order valence-corrected chi connectivity index (χ3v) is 5.97. The van der Waals surface area contributed by atoms with Gasteiger partial charge in [0.2, 0.25) is 0 Å². The second-order valence-corrected chi connectivity index (χ2v) is 9.02. The quantitative estimate of drug-likeness (QED) is 0.385. The van der Waals surface area contributed by atoms with E-state index in [2.05, 4.69) is 32.3 Å². The molecule has 1 saturated heterocycles. The van der Waals surface area contributed by atoms with Crippen LogP contribution >= 0.6 is 0 Å². The summed E-state index contributed by atoms with van der Waals surface area (Å²) < 4.78 is 10.9. The summed E-state index contributed by atoms with van der Waals surface area (Å²) in [4.78, 5) is 24.2. The van der Waals surface area contributed by atoms with Gasteiger partial charge in [-0.2, -0.15) is 0 Å². The van der Waals surface area contributed by atoms with Crippen LogP contribution in [-0.2, 0) is 17.7 Å². The van der Waals surface area contributed by atoms with Gasteiger partial charge in [-0.3, -0.25) is 4.79 Å². The first-order valence-corrected chi connectivity index (χ1v) is 11.1.